The minimum Gasteiger partial charge on any atom is -0.457 e. The van der Waals surface area contributed by atoms with Crippen molar-refractivity contribution >= 4 is 18.0 Å². The lowest BCUT2D eigenvalue weighted by Gasteiger charge is -2.14. The number of benzene rings is 2. The van der Waals surface area contributed by atoms with Gasteiger partial charge < -0.3 is 9.64 Å². The number of esters is 1. The average molecular weight is 352 g/mol. The number of aliphatic imine (C=N–C) groups is 1. The van der Waals surface area contributed by atoms with Crippen LogP contribution in [0.5, 0.6) is 0 Å². The Morgan fingerprint density at radius 1 is 1.04 bits per heavy atom. The number of hydrogen-bond acceptors (Lipinski definition) is 3. The summed E-state index contributed by atoms with van der Waals surface area (Å²) in [7, 11) is 0. The van der Waals surface area contributed by atoms with Gasteiger partial charge in [0.05, 0.1) is 17.6 Å². The first-order chi connectivity index (χ1) is 12.4. The summed E-state index contributed by atoms with van der Waals surface area (Å²) in [4.78, 5) is 19.1. The van der Waals surface area contributed by atoms with Gasteiger partial charge in [0.15, 0.2) is 0 Å². The molecule has 0 aromatic heterocycles. The van der Waals surface area contributed by atoms with Crippen LogP contribution in [0.4, 0.5) is 5.69 Å². The third-order valence-corrected chi connectivity index (χ3v) is 4.43. The minimum absolute atomic E-state index is 0.277. The van der Waals surface area contributed by atoms with Gasteiger partial charge in [0.25, 0.3) is 0 Å². The Labute approximate surface area is 156 Å². The second-order valence-corrected chi connectivity index (χ2v) is 6.48. The summed E-state index contributed by atoms with van der Waals surface area (Å²) < 4.78 is 5.48. The fraction of sp³-hybridized carbons (Fsp3) is 0.364. The first kappa shape index (κ1) is 19.7. The van der Waals surface area contributed by atoms with Crippen molar-refractivity contribution in [1.82, 2.24) is 4.90 Å². The number of ether oxygens (including phenoxy) is 1. The van der Waals surface area contributed by atoms with Gasteiger partial charge in [-0.25, -0.2) is 9.79 Å². The van der Waals surface area contributed by atoms with Crippen LogP contribution in [0.15, 0.2) is 41.4 Å². The van der Waals surface area contributed by atoms with Crippen molar-refractivity contribution in [3.8, 4) is 0 Å². The van der Waals surface area contributed by atoms with Gasteiger partial charge in [-0.3, -0.25) is 0 Å². The summed E-state index contributed by atoms with van der Waals surface area (Å²) in [5.74, 6) is -0.301. The molecular weight excluding hydrogens is 324 g/mol. The normalized spacial score (nSPS) is 11.0. The summed E-state index contributed by atoms with van der Waals surface area (Å²) >= 11 is 0. The van der Waals surface area contributed by atoms with E-state index < -0.39 is 0 Å². The van der Waals surface area contributed by atoms with Crippen LogP contribution in [0.1, 0.15) is 46.5 Å². The summed E-state index contributed by atoms with van der Waals surface area (Å²) in [6, 6.07) is 11.8. The molecule has 0 radical (unpaired) electrons. The molecule has 26 heavy (non-hydrogen) atoms. The molecule has 0 atom stereocenters. The highest BCUT2D eigenvalue weighted by atomic mass is 16.5. The van der Waals surface area contributed by atoms with E-state index in [1.54, 1.807) is 0 Å². The standard InChI is InChI=1S/C22H28N2O2/c1-6-24(7-2)15-23-21-13-17(4)20(12-18(21)5)22(25)26-14-19-10-8-16(3)9-11-19/h8-13,15H,6-7,14H2,1-5H3/b23-15+. The second kappa shape index (κ2) is 9.18. The zero-order chi connectivity index (χ0) is 19.1. The Bertz CT molecular complexity index is 775. The van der Waals surface area contributed by atoms with Gasteiger partial charge >= 0.3 is 5.97 Å². The van der Waals surface area contributed by atoms with Gasteiger partial charge in [-0.15, -0.1) is 0 Å². The van der Waals surface area contributed by atoms with Crippen molar-refractivity contribution in [3.05, 3.63) is 64.2 Å². The molecule has 138 valence electrons. The predicted molar refractivity (Wildman–Crippen MR) is 107 cm³/mol. The molecule has 0 aliphatic rings. The Morgan fingerprint density at radius 2 is 1.69 bits per heavy atom. The maximum Gasteiger partial charge on any atom is 0.338 e. The second-order valence-electron chi connectivity index (χ2n) is 6.48. The molecule has 4 heteroatoms. The molecule has 4 nitrogen and oxygen atoms in total. The smallest absolute Gasteiger partial charge is 0.338 e. The molecule has 2 aromatic rings. The van der Waals surface area contributed by atoms with Crippen LogP contribution in [0.25, 0.3) is 0 Å². The van der Waals surface area contributed by atoms with Crippen molar-refractivity contribution < 1.29 is 9.53 Å². The Morgan fingerprint density at radius 3 is 2.31 bits per heavy atom. The largest absolute Gasteiger partial charge is 0.457 e. The molecule has 0 unspecified atom stereocenters. The minimum atomic E-state index is -0.301. The molecule has 0 bridgehead atoms. The number of hydrogen-bond donors (Lipinski definition) is 0. The van der Waals surface area contributed by atoms with Gasteiger partial charge in [0.1, 0.15) is 6.61 Å². The van der Waals surface area contributed by atoms with Crippen LogP contribution in [-0.4, -0.2) is 30.3 Å². The summed E-state index contributed by atoms with van der Waals surface area (Å²) in [5, 5.41) is 0. The van der Waals surface area contributed by atoms with E-state index in [9.17, 15) is 4.79 Å². The number of rotatable bonds is 7. The SMILES string of the molecule is CCN(/C=N/c1cc(C)c(C(=O)OCc2ccc(C)cc2)cc1C)CC. The lowest BCUT2D eigenvalue weighted by molar-refractivity contribution is 0.0472. The monoisotopic (exact) mass is 352 g/mol. The van der Waals surface area contributed by atoms with Crippen LogP contribution in [0, 0.1) is 20.8 Å². The molecule has 0 spiro atoms. The van der Waals surface area contributed by atoms with Crippen molar-refractivity contribution in [3.63, 3.8) is 0 Å². The highest BCUT2D eigenvalue weighted by molar-refractivity contribution is 5.92. The maximum absolute atomic E-state index is 12.5. The Balaban J connectivity index is 2.10. The topological polar surface area (TPSA) is 41.9 Å². The summed E-state index contributed by atoms with van der Waals surface area (Å²) in [6.45, 7) is 12.2. The van der Waals surface area contributed by atoms with Crippen LogP contribution in [0.2, 0.25) is 0 Å². The van der Waals surface area contributed by atoms with Crippen LogP contribution in [-0.2, 0) is 11.3 Å². The van der Waals surface area contributed by atoms with E-state index in [1.807, 2.05) is 63.5 Å². The van der Waals surface area contributed by atoms with Crippen molar-refractivity contribution in [2.24, 2.45) is 4.99 Å². The van der Waals surface area contributed by atoms with Crippen molar-refractivity contribution in [2.75, 3.05) is 13.1 Å². The lowest BCUT2D eigenvalue weighted by atomic mass is 10.0. The van der Waals surface area contributed by atoms with E-state index in [2.05, 4.69) is 23.7 Å². The zero-order valence-electron chi connectivity index (χ0n) is 16.4. The Hall–Kier alpha value is -2.62. The molecule has 0 amide bonds. The van der Waals surface area contributed by atoms with Crippen LogP contribution < -0.4 is 0 Å². The van der Waals surface area contributed by atoms with Gasteiger partial charge in [0, 0.05) is 13.1 Å². The van der Waals surface area contributed by atoms with Gasteiger partial charge in [-0.1, -0.05) is 29.8 Å². The molecule has 2 aromatic carbocycles. The van der Waals surface area contributed by atoms with Crippen LogP contribution in [0.3, 0.4) is 0 Å². The molecule has 0 aliphatic carbocycles. The van der Waals surface area contributed by atoms with E-state index in [1.165, 1.54) is 5.56 Å². The molecule has 0 aliphatic heterocycles. The summed E-state index contributed by atoms with van der Waals surface area (Å²) in [6.07, 6.45) is 1.86. The molecule has 0 heterocycles. The third kappa shape index (κ3) is 5.19. The van der Waals surface area contributed by atoms with E-state index >= 15 is 0 Å². The number of nitrogens with zero attached hydrogens (tertiary/aromatic N) is 2. The van der Waals surface area contributed by atoms with Crippen molar-refractivity contribution in [2.45, 2.75) is 41.2 Å². The molecule has 2 rings (SSSR count). The molecular formula is C22H28N2O2. The third-order valence-electron chi connectivity index (χ3n) is 4.43. The van der Waals surface area contributed by atoms with E-state index in [4.69, 9.17) is 4.74 Å². The Kier molecular flexibility index (Phi) is 6.96. The average Bonchev–Trinajstić information content (AvgIpc) is 2.64. The molecule has 0 N–H and O–H groups in total. The first-order valence-corrected chi connectivity index (χ1v) is 9.06. The van der Waals surface area contributed by atoms with E-state index in [0.29, 0.717) is 5.56 Å². The zero-order valence-corrected chi connectivity index (χ0v) is 16.4. The molecule has 0 saturated heterocycles. The highest BCUT2D eigenvalue weighted by Crippen LogP contribution is 2.24. The highest BCUT2D eigenvalue weighted by Gasteiger charge is 2.13. The lowest BCUT2D eigenvalue weighted by Crippen LogP contribution is -2.20. The maximum atomic E-state index is 12.5. The number of carbonyl (C=O) groups is 1. The molecule has 0 saturated carbocycles. The summed E-state index contributed by atoms with van der Waals surface area (Å²) in [5.41, 5.74) is 5.48. The van der Waals surface area contributed by atoms with E-state index in [0.717, 1.165) is 35.5 Å². The fourth-order valence-electron chi connectivity index (χ4n) is 2.60. The van der Waals surface area contributed by atoms with Gasteiger partial charge in [0.2, 0.25) is 0 Å². The fourth-order valence-corrected chi connectivity index (χ4v) is 2.60. The van der Waals surface area contributed by atoms with Crippen LogP contribution >= 0.6 is 0 Å². The first-order valence-electron chi connectivity index (χ1n) is 9.06. The van der Waals surface area contributed by atoms with Gasteiger partial charge in [-0.2, -0.15) is 0 Å². The van der Waals surface area contributed by atoms with Crippen molar-refractivity contribution in [1.29, 1.82) is 0 Å². The predicted octanol–water partition coefficient (Wildman–Crippen LogP) is 4.97. The van der Waals surface area contributed by atoms with Gasteiger partial charge in [-0.05, 0) is 63.4 Å². The van der Waals surface area contributed by atoms with E-state index in [-0.39, 0.29) is 12.6 Å². The number of carbonyl (C=O) groups excluding carboxylic acids is 1. The molecule has 0 fully saturated rings. The number of aryl methyl sites for hydroxylation is 3. The quantitative estimate of drug-likeness (QED) is 0.401.